The van der Waals surface area contributed by atoms with E-state index in [1.54, 1.807) is 6.07 Å². The predicted octanol–water partition coefficient (Wildman–Crippen LogP) is 13.4. The number of hydrogen-bond donors (Lipinski definition) is 0. The maximum Gasteiger partial charge on any atom is 0.0795 e. The fraction of sp³-hybridized carbons (Fsp3) is 0.0784. The maximum absolute atomic E-state index is 7.30. The van der Waals surface area contributed by atoms with Crippen LogP contribution in [0.2, 0.25) is 19.6 Å². The molecular formula is C51H44IrN2Si-2. The molecule has 0 unspecified atom stereocenters. The Balaban J connectivity index is 0.000000266. The minimum absolute atomic E-state index is 0. The van der Waals surface area contributed by atoms with Gasteiger partial charge in [-0.2, -0.15) is 0 Å². The zero-order valence-corrected chi connectivity index (χ0v) is 34.9. The van der Waals surface area contributed by atoms with E-state index in [0.717, 1.165) is 16.8 Å². The quantitative estimate of drug-likeness (QED) is 0.0977. The minimum atomic E-state index is -2.15. The molecule has 9 aromatic rings. The summed E-state index contributed by atoms with van der Waals surface area (Å²) >= 11 is 0. The first-order chi connectivity index (χ1) is 27.0. The Morgan fingerprint density at radius 1 is 0.491 bits per heavy atom. The van der Waals surface area contributed by atoms with Crippen LogP contribution in [0.1, 0.15) is 9.81 Å². The molecule has 9 rings (SSSR count). The molecule has 0 bridgehead atoms. The summed E-state index contributed by atoms with van der Waals surface area (Å²) < 4.78 is 21.9. The molecule has 0 spiro atoms. The summed E-state index contributed by atoms with van der Waals surface area (Å²) in [6.07, 6.45) is 2.06. The summed E-state index contributed by atoms with van der Waals surface area (Å²) in [6, 6.07) is 62.1. The molecule has 7 aromatic carbocycles. The van der Waals surface area contributed by atoms with Crippen molar-refractivity contribution >= 4 is 45.6 Å². The Labute approximate surface area is 344 Å². The van der Waals surface area contributed by atoms with Crippen LogP contribution in [0.4, 0.5) is 0 Å². The molecule has 0 aliphatic rings. The number of aryl methyl sites for hydroxylation is 1. The van der Waals surface area contributed by atoms with E-state index in [1.807, 2.05) is 36.4 Å². The Hall–Kier alpha value is -5.51. The number of nitrogens with zero attached hydrogens (tertiary/aromatic N) is 2. The van der Waals surface area contributed by atoms with Gasteiger partial charge in [-0.1, -0.05) is 175 Å². The fourth-order valence-corrected chi connectivity index (χ4v) is 7.94. The third-order valence-corrected chi connectivity index (χ3v) is 11.8. The third kappa shape index (κ3) is 8.43. The first-order valence-corrected chi connectivity index (χ1v) is 21.5. The van der Waals surface area contributed by atoms with Gasteiger partial charge in [0.1, 0.15) is 0 Å². The molecule has 0 saturated carbocycles. The van der Waals surface area contributed by atoms with Crippen LogP contribution in [0.25, 0.3) is 77.1 Å². The molecule has 0 amide bonds. The Kier molecular flexibility index (Phi) is 10.8. The molecule has 273 valence electrons. The Morgan fingerprint density at radius 3 is 1.69 bits per heavy atom. The number of hydrogen-bond acceptors (Lipinski definition) is 2. The molecule has 0 atom stereocenters. The second-order valence-corrected chi connectivity index (χ2v) is 19.5. The van der Waals surface area contributed by atoms with Crippen molar-refractivity contribution in [3.63, 3.8) is 0 Å². The van der Waals surface area contributed by atoms with Gasteiger partial charge in [0.25, 0.3) is 0 Å². The summed E-state index contributed by atoms with van der Waals surface area (Å²) in [5.41, 5.74) is 8.65. The molecule has 0 N–H and O–H groups in total. The van der Waals surface area contributed by atoms with Gasteiger partial charge in [-0.3, -0.25) is 4.98 Å². The van der Waals surface area contributed by atoms with E-state index in [4.69, 9.17) is 9.10 Å². The second kappa shape index (κ2) is 16.9. The normalized spacial score (nSPS) is 12.0. The average molecular weight is 908 g/mol. The SMILES string of the molecule is C[Si](C)(C)c1ccc(-c2[c-]cc3c4ccccc4c4ccc(-c5ccc(-c6ccccc6)cc5)cc4c3c2)nc1.[2H]C([2H])([2H])c1cccc(-c2ccccc2)n1.[CH3-].[Ir]. The number of rotatable bonds is 5. The first kappa shape index (κ1) is 35.2. The van der Waals surface area contributed by atoms with Gasteiger partial charge in [0, 0.05) is 41.7 Å². The van der Waals surface area contributed by atoms with Crippen LogP contribution in [0.5, 0.6) is 0 Å². The molecule has 4 heteroatoms. The van der Waals surface area contributed by atoms with Crippen molar-refractivity contribution in [1.29, 1.82) is 0 Å². The zero-order chi connectivity index (χ0) is 38.9. The number of fused-ring (bicyclic) bond motifs is 6. The van der Waals surface area contributed by atoms with E-state index in [0.29, 0.717) is 5.69 Å². The van der Waals surface area contributed by atoms with Crippen LogP contribution in [-0.4, -0.2) is 18.0 Å². The summed E-state index contributed by atoms with van der Waals surface area (Å²) in [6.45, 7) is 4.92. The maximum atomic E-state index is 7.30. The summed E-state index contributed by atoms with van der Waals surface area (Å²) in [5.74, 6) is 0. The van der Waals surface area contributed by atoms with Crippen molar-refractivity contribution in [2.45, 2.75) is 26.5 Å². The average Bonchev–Trinajstić information content (AvgIpc) is 3.24. The first-order valence-electron chi connectivity index (χ1n) is 19.5. The van der Waals surface area contributed by atoms with Crippen molar-refractivity contribution in [3.8, 4) is 44.8 Å². The van der Waals surface area contributed by atoms with Gasteiger partial charge < -0.3 is 12.4 Å². The number of benzene rings is 7. The molecule has 2 heterocycles. The topological polar surface area (TPSA) is 25.8 Å². The van der Waals surface area contributed by atoms with Crippen molar-refractivity contribution in [3.05, 3.63) is 195 Å². The van der Waals surface area contributed by atoms with Crippen molar-refractivity contribution in [2.24, 2.45) is 0 Å². The Bertz CT molecular complexity index is 2800. The van der Waals surface area contributed by atoms with Crippen molar-refractivity contribution in [2.75, 3.05) is 0 Å². The van der Waals surface area contributed by atoms with E-state index in [-0.39, 0.29) is 33.2 Å². The van der Waals surface area contributed by atoms with Gasteiger partial charge in [0.05, 0.1) is 13.8 Å². The molecule has 1 radical (unpaired) electrons. The molecule has 0 fully saturated rings. The van der Waals surface area contributed by atoms with Crippen molar-refractivity contribution in [1.82, 2.24) is 9.97 Å². The predicted molar refractivity (Wildman–Crippen MR) is 236 cm³/mol. The monoisotopic (exact) mass is 908 g/mol. The van der Waals surface area contributed by atoms with Crippen LogP contribution >= 0.6 is 0 Å². The largest absolute Gasteiger partial charge is 0.358 e. The van der Waals surface area contributed by atoms with Crippen LogP contribution < -0.4 is 5.19 Å². The summed E-state index contributed by atoms with van der Waals surface area (Å²) in [7, 11) is -1.40. The van der Waals surface area contributed by atoms with Crippen LogP contribution in [0.3, 0.4) is 0 Å². The van der Waals surface area contributed by atoms with Crippen LogP contribution in [-0.2, 0) is 20.1 Å². The molecule has 0 aliphatic heterocycles. The zero-order valence-electron chi connectivity index (χ0n) is 34.5. The van der Waals surface area contributed by atoms with Gasteiger partial charge in [-0.25, -0.2) is 0 Å². The smallest absolute Gasteiger partial charge is 0.0795 e. The van der Waals surface area contributed by atoms with Gasteiger partial charge in [-0.05, 0) is 74.3 Å². The molecular weight excluding hydrogens is 861 g/mol. The van der Waals surface area contributed by atoms with E-state index in [9.17, 15) is 0 Å². The van der Waals surface area contributed by atoms with E-state index >= 15 is 0 Å². The van der Waals surface area contributed by atoms with E-state index in [2.05, 4.69) is 158 Å². The van der Waals surface area contributed by atoms with E-state index < -0.39 is 14.9 Å². The summed E-state index contributed by atoms with van der Waals surface area (Å²) in [5, 5.41) is 8.89. The fourth-order valence-electron chi connectivity index (χ4n) is 6.91. The molecule has 55 heavy (non-hydrogen) atoms. The molecule has 0 aliphatic carbocycles. The third-order valence-electron chi connectivity index (χ3n) is 9.82. The van der Waals surface area contributed by atoms with Gasteiger partial charge in [0.15, 0.2) is 0 Å². The molecule has 2 nitrogen and oxygen atoms in total. The minimum Gasteiger partial charge on any atom is -0.358 e. The Morgan fingerprint density at radius 2 is 1.05 bits per heavy atom. The van der Waals surface area contributed by atoms with Gasteiger partial charge in [0.2, 0.25) is 0 Å². The van der Waals surface area contributed by atoms with Crippen LogP contribution in [0, 0.1) is 20.3 Å². The van der Waals surface area contributed by atoms with Crippen LogP contribution in [0.15, 0.2) is 176 Å². The van der Waals surface area contributed by atoms with Gasteiger partial charge >= 0.3 is 0 Å². The molecule has 2 aromatic heterocycles. The van der Waals surface area contributed by atoms with Crippen molar-refractivity contribution < 1.29 is 24.2 Å². The standard InChI is InChI=1S/C38H30NSi.C12H11N.CH3.Ir/c1-40(2,3)31-19-22-38(39-25-31)30-18-21-35-33-12-8-7-11-32(33)34-20-17-29(23-36(34)37(35)24-30)28-15-13-27(14-16-28)26-9-5-4-6-10-26;1-10-6-5-9-12(13-10)11-7-3-2-4-8-11;;/h4-17,19-25H,1-3H3;2-9H,1H3;1H3;/q-1;;-1;/i;1D3;;. The summed E-state index contributed by atoms with van der Waals surface area (Å²) in [4.78, 5) is 9.02. The molecule has 0 saturated heterocycles. The number of pyridine rings is 2. The van der Waals surface area contributed by atoms with E-state index in [1.165, 1.54) is 65.8 Å². The number of aromatic nitrogens is 2. The van der Waals surface area contributed by atoms with Gasteiger partial charge in [-0.15, -0.1) is 23.8 Å². The second-order valence-electron chi connectivity index (χ2n) is 14.4.